The van der Waals surface area contributed by atoms with Crippen LogP contribution in [0.15, 0.2) is 60.8 Å². The van der Waals surface area contributed by atoms with Crippen LogP contribution in [0.2, 0.25) is 0 Å². The van der Waals surface area contributed by atoms with E-state index in [2.05, 4.69) is 81.5 Å². The Hall–Kier alpha value is -2.89. The van der Waals surface area contributed by atoms with E-state index >= 15 is 0 Å². The molecule has 0 fully saturated rings. The minimum Gasteiger partial charge on any atom is -0.462 e. The van der Waals surface area contributed by atoms with Crippen LogP contribution in [0.1, 0.15) is 239 Å². The van der Waals surface area contributed by atoms with Crippen molar-refractivity contribution in [3.8, 4) is 0 Å². The van der Waals surface area contributed by atoms with Crippen LogP contribution in [0.5, 0.6) is 0 Å². The van der Waals surface area contributed by atoms with Crippen LogP contribution in [-0.4, -0.2) is 37.2 Å². The molecule has 0 unspecified atom stereocenters. The fraction of sp³-hybridized carbons (Fsp3) is 0.755. The molecular formula is C53H92O6. The summed E-state index contributed by atoms with van der Waals surface area (Å²) in [5.41, 5.74) is 0. The predicted octanol–water partition coefficient (Wildman–Crippen LogP) is 16.1. The van der Waals surface area contributed by atoms with Crippen molar-refractivity contribution in [1.82, 2.24) is 0 Å². The lowest BCUT2D eigenvalue weighted by molar-refractivity contribution is -0.167. The predicted molar refractivity (Wildman–Crippen MR) is 251 cm³/mol. The standard InChI is InChI=1S/C53H92O6/c1-4-7-10-13-16-19-22-24-26-28-31-34-37-40-43-46-52(55)58-49-50(48-57-51(54)45-42-39-36-33-30-21-18-15-12-9-6-3)59-53(56)47-44-41-38-35-32-29-27-25-23-20-17-14-11-8-5-2/h7,10,15-16,18-19,24-27,50H,4-6,8-9,11-14,17,20-23,28-49H2,1-3H3/b10-7-,18-15-,19-16-,26-24-,27-25-/t50-/m0/s1. The molecule has 0 amide bonds. The Morgan fingerprint density at radius 2 is 0.678 bits per heavy atom. The monoisotopic (exact) mass is 825 g/mol. The third-order valence-corrected chi connectivity index (χ3v) is 10.5. The summed E-state index contributed by atoms with van der Waals surface area (Å²) in [6, 6.07) is 0. The van der Waals surface area contributed by atoms with Gasteiger partial charge < -0.3 is 14.2 Å². The number of esters is 3. The number of rotatable bonds is 44. The number of ether oxygens (including phenoxy) is 3. The van der Waals surface area contributed by atoms with E-state index in [0.717, 1.165) is 116 Å². The maximum absolute atomic E-state index is 12.8. The van der Waals surface area contributed by atoms with Crippen molar-refractivity contribution in [1.29, 1.82) is 0 Å². The molecule has 0 bridgehead atoms. The molecule has 1 atom stereocenters. The van der Waals surface area contributed by atoms with E-state index in [0.29, 0.717) is 19.3 Å². The van der Waals surface area contributed by atoms with Crippen LogP contribution in [0.3, 0.4) is 0 Å². The highest BCUT2D eigenvalue weighted by Crippen LogP contribution is 2.14. The second-order valence-corrected chi connectivity index (χ2v) is 16.3. The van der Waals surface area contributed by atoms with Gasteiger partial charge >= 0.3 is 17.9 Å². The van der Waals surface area contributed by atoms with Gasteiger partial charge in [-0.3, -0.25) is 14.4 Å². The van der Waals surface area contributed by atoms with Gasteiger partial charge in [0.15, 0.2) is 6.10 Å². The van der Waals surface area contributed by atoms with Crippen molar-refractivity contribution >= 4 is 17.9 Å². The highest BCUT2D eigenvalue weighted by molar-refractivity contribution is 5.71. The molecule has 340 valence electrons. The summed E-state index contributed by atoms with van der Waals surface area (Å²) in [7, 11) is 0. The number of hydrogen-bond acceptors (Lipinski definition) is 6. The van der Waals surface area contributed by atoms with Gasteiger partial charge in [-0.1, -0.05) is 184 Å². The highest BCUT2D eigenvalue weighted by Gasteiger charge is 2.19. The lowest BCUT2D eigenvalue weighted by Crippen LogP contribution is -2.30. The van der Waals surface area contributed by atoms with Gasteiger partial charge in [-0.15, -0.1) is 0 Å². The van der Waals surface area contributed by atoms with E-state index in [4.69, 9.17) is 14.2 Å². The first kappa shape index (κ1) is 56.1. The van der Waals surface area contributed by atoms with E-state index < -0.39 is 6.10 Å². The molecule has 59 heavy (non-hydrogen) atoms. The Kier molecular flexibility index (Phi) is 45.4. The third-order valence-electron chi connectivity index (χ3n) is 10.5. The molecule has 0 aromatic carbocycles. The van der Waals surface area contributed by atoms with E-state index in [1.165, 1.54) is 83.5 Å². The molecule has 0 N–H and O–H groups in total. The van der Waals surface area contributed by atoms with Gasteiger partial charge in [-0.2, -0.15) is 0 Å². The number of allylic oxidation sites excluding steroid dienone is 10. The van der Waals surface area contributed by atoms with Crippen molar-refractivity contribution < 1.29 is 28.6 Å². The molecular weight excluding hydrogens is 733 g/mol. The summed E-state index contributed by atoms with van der Waals surface area (Å²) in [5.74, 6) is -0.922. The van der Waals surface area contributed by atoms with Crippen LogP contribution in [0, 0.1) is 0 Å². The van der Waals surface area contributed by atoms with E-state index in [-0.39, 0.29) is 31.1 Å². The van der Waals surface area contributed by atoms with Crippen LogP contribution in [0.25, 0.3) is 0 Å². The number of carbonyl (C=O) groups is 3. The zero-order chi connectivity index (χ0) is 43.0. The fourth-order valence-electron chi connectivity index (χ4n) is 6.73. The van der Waals surface area contributed by atoms with Crippen LogP contribution >= 0.6 is 0 Å². The Morgan fingerprint density at radius 3 is 1.10 bits per heavy atom. The van der Waals surface area contributed by atoms with E-state index in [9.17, 15) is 14.4 Å². The zero-order valence-corrected chi connectivity index (χ0v) is 38.8. The van der Waals surface area contributed by atoms with Gasteiger partial charge in [0.2, 0.25) is 0 Å². The first-order chi connectivity index (χ1) is 29.0. The van der Waals surface area contributed by atoms with Crippen molar-refractivity contribution in [3.63, 3.8) is 0 Å². The second kappa shape index (κ2) is 47.8. The molecule has 0 aromatic heterocycles. The Labute approximate surface area is 364 Å². The molecule has 0 spiro atoms. The van der Waals surface area contributed by atoms with Crippen LogP contribution < -0.4 is 0 Å². The van der Waals surface area contributed by atoms with Crippen molar-refractivity contribution in [2.24, 2.45) is 0 Å². The molecule has 0 aliphatic heterocycles. The summed E-state index contributed by atoms with van der Waals surface area (Å²) in [6.45, 7) is 6.45. The molecule has 0 aliphatic rings. The zero-order valence-electron chi connectivity index (χ0n) is 38.8. The summed E-state index contributed by atoms with van der Waals surface area (Å²) in [6.07, 6.45) is 57.7. The van der Waals surface area contributed by atoms with Crippen LogP contribution in [-0.2, 0) is 28.6 Å². The van der Waals surface area contributed by atoms with Gasteiger partial charge in [0.1, 0.15) is 13.2 Å². The maximum atomic E-state index is 12.8. The van der Waals surface area contributed by atoms with E-state index in [1.54, 1.807) is 0 Å². The quantitative estimate of drug-likeness (QED) is 0.0263. The Morgan fingerprint density at radius 1 is 0.356 bits per heavy atom. The van der Waals surface area contributed by atoms with Gasteiger partial charge in [0.05, 0.1) is 0 Å². The third kappa shape index (κ3) is 46.0. The summed E-state index contributed by atoms with van der Waals surface area (Å²) in [4.78, 5) is 37.9. The molecule has 0 radical (unpaired) electrons. The number of carbonyl (C=O) groups excluding carboxylic acids is 3. The number of hydrogen-bond donors (Lipinski definition) is 0. The number of unbranched alkanes of at least 4 members (excludes halogenated alkanes) is 23. The minimum atomic E-state index is -0.787. The summed E-state index contributed by atoms with van der Waals surface area (Å²) >= 11 is 0. The first-order valence-electron chi connectivity index (χ1n) is 24.8. The van der Waals surface area contributed by atoms with Gasteiger partial charge in [-0.25, -0.2) is 0 Å². The SMILES string of the molecule is CC/C=C\C/C=C\C/C=C\CCCCCCCC(=O)OC[C@H](COC(=O)CCCCCCC/C=C\CCCC)OC(=O)CCCCCCC/C=C\CCCCCCCC. The summed E-state index contributed by atoms with van der Waals surface area (Å²) in [5, 5.41) is 0. The van der Waals surface area contributed by atoms with Crippen molar-refractivity contribution in [3.05, 3.63) is 60.8 Å². The lowest BCUT2D eigenvalue weighted by Gasteiger charge is -2.18. The van der Waals surface area contributed by atoms with Gasteiger partial charge in [0, 0.05) is 19.3 Å². The van der Waals surface area contributed by atoms with Gasteiger partial charge in [-0.05, 0) is 96.3 Å². The molecule has 0 aliphatic carbocycles. The van der Waals surface area contributed by atoms with Gasteiger partial charge in [0.25, 0.3) is 0 Å². The molecule has 0 rings (SSSR count). The fourth-order valence-corrected chi connectivity index (χ4v) is 6.73. The molecule has 0 saturated heterocycles. The van der Waals surface area contributed by atoms with E-state index in [1.807, 2.05) is 0 Å². The van der Waals surface area contributed by atoms with Crippen molar-refractivity contribution in [2.45, 2.75) is 245 Å². The molecule has 0 aromatic rings. The molecule has 6 heteroatoms. The smallest absolute Gasteiger partial charge is 0.306 e. The summed E-state index contributed by atoms with van der Waals surface area (Å²) < 4.78 is 16.7. The normalized spacial score (nSPS) is 12.5. The first-order valence-corrected chi connectivity index (χ1v) is 24.8. The largest absolute Gasteiger partial charge is 0.462 e. The molecule has 0 saturated carbocycles. The Bertz CT molecular complexity index is 1090. The topological polar surface area (TPSA) is 78.9 Å². The molecule has 6 nitrogen and oxygen atoms in total. The maximum Gasteiger partial charge on any atom is 0.306 e. The van der Waals surface area contributed by atoms with Crippen LogP contribution in [0.4, 0.5) is 0 Å². The average molecular weight is 825 g/mol. The average Bonchev–Trinajstić information content (AvgIpc) is 3.23. The Balaban J connectivity index is 4.42. The minimum absolute atomic E-state index is 0.0877. The highest BCUT2D eigenvalue weighted by atomic mass is 16.6. The van der Waals surface area contributed by atoms with Crippen molar-refractivity contribution in [2.75, 3.05) is 13.2 Å². The second-order valence-electron chi connectivity index (χ2n) is 16.3. The molecule has 0 heterocycles. The lowest BCUT2D eigenvalue weighted by atomic mass is 10.1.